The lowest BCUT2D eigenvalue weighted by Gasteiger charge is -2.01. The van der Waals surface area contributed by atoms with Crippen molar-refractivity contribution in [1.82, 2.24) is 0 Å². The van der Waals surface area contributed by atoms with Crippen molar-refractivity contribution < 1.29 is 14.6 Å². The van der Waals surface area contributed by atoms with Gasteiger partial charge in [-0.25, -0.2) is 19.7 Å². The summed E-state index contributed by atoms with van der Waals surface area (Å²) >= 11 is -3.81. The van der Waals surface area contributed by atoms with Crippen LogP contribution in [0.3, 0.4) is 0 Å². The third-order valence-electron chi connectivity index (χ3n) is 1.56. The first-order chi connectivity index (χ1) is 6.32. The van der Waals surface area contributed by atoms with Gasteiger partial charge in [0.25, 0.3) is 0 Å². The van der Waals surface area contributed by atoms with Crippen LogP contribution in [0, 0.1) is 10.5 Å². The van der Waals surface area contributed by atoms with E-state index in [1.165, 1.54) is 18.2 Å². The summed E-state index contributed by atoms with van der Waals surface area (Å²) in [5, 5.41) is 4.88. The molecule has 0 bridgehead atoms. The van der Waals surface area contributed by atoms with Crippen LogP contribution in [0.4, 0.5) is 0 Å². The lowest BCUT2D eigenvalue weighted by Crippen LogP contribution is -2.14. The molecule has 0 fully saturated rings. The molecule has 5 nitrogen and oxygen atoms in total. The second kappa shape index (κ2) is 3.91. The van der Waals surface area contributed by atoms with Crippen LogP contribution in [0.15, 0.2) is 23.1 Å². The number of halogens is 1. The molecule has 1 rings (SSSR count). The van der Waals surface area contributed by atoms with E-state index in [0.29, 0.717) is 5.56 Å². The Balaban J connectivity index is 3.62. The molecule has 0 aromatic heterocycles. The quantitative estimate of drug-likeness (QED) is 0.819. The van der Waals surface area contributed by atoms with Gasteiger partial charge in [0.1, 0.15) is 4.90 Å². The van der Waals surface area contributed by atoms with Crippen molar-refractivity contribution >= 4 is 29.8 Å². The van der Waals surface area contributed by atoms with Crippen LogP contribution in [-0.2, 0) is 16.2 Å². The lowest BCUT2D eigenvalue weighted by molar-refractivity contribution is 0.595. The second-order valence-electron chi connectivity index (χ2n) is 2.70. The van der Waals surface area contributed by atoms with Crippen LogP contribution < -0.4 is 5.14 Å². The number of hydrogen-bond acceptors (Lipinski definition) is 4. The molecular weight excluding hydrogens is 321 g/mol. The molecule has 0 atom stereocenters. The molecule has 0 unspecified atom stereocenters. The predicted octanol–water partition coefficient (Wildman–Crippen LogP) is 1.01. The average molecular weight is 329 g/mol. The average Bonchev–Trinajstić information content (AvgIpc) is 2.01. The molecule has 14 heavy (non-hydrogen) atoms. The first kappa shape index (κ1) is 11.5. The summed E-state index contributed by atoms with van der Waals surface area (Å²) in [6.07, 6.45) is 0. The summed E-state index contributed by atoms with van der Waals surface area (Å²) in [7, 11) is -3.96. The van der Waals surface area contributed by atoms with Gasteiger partial charge in [-0.1, -0.05) is 6.07 Å². The lowest BCUT2D eigenvalue weighted by atomic mass is 10.2. The summed E-state index contributed by atoms with van der Waals surface area (Å²) < 4.78 is 43.5. The molecule has 0 radical (unpaired) electrons. The molecule has 0 heterocycles. The fourth-order valence-electron chi connectivity index (χ4n) is 0.956. The molecule has 0 spiro atoms. The van der Waals surface area contributed by atoms with Gasteiger partial charge in [-0.3, -0.25) is 0 Å². The van der Waals surface area contributed by atoms with Gasteiger partial charge in [-0.15, -0.1) is 0 Å². The summed E-state index contributed by atoms with van der Waals surface area (Å²) in [5.41, 5.74) is 0.649. The third-order valence-corrected chi connectivity index (χ3v) is 4.77. The molecule has 78 valence electrons. The zero-order valence-corrected chi connectivity index (χ0v) is 10.2. The summed E-state index contributed by atoms with van der Waals surface area (Å²) in [6.45, 7) is 1.66. The first-order valence-corrected chi connectivity index (χ1v) is 7.90. The van der Waals surface area contributed by atoms with Crippen molar-refractivity contribution in [3.8, 4) is 0 Å². The van der Waals surface area contributed by atoms with E-state index in [9.17, 15) is 14.6 Å². The molecule has 0 aliphatic heterocycles. The van der Waals surface area contributed by atoms with Crippen LogP contribution in [0.25, 0.3) is 0 Å². The third kappa shape index (κ3) is 2.49. The number of rotatable bonds is 2. The van der Waals surface area contributed by atoms with Crippen molar-refractivity contribution in [2.24, 2.45) is 5.14 Å². The number of sulfonamides is 1. The second-order valence-corrected chi connectivity index (χ2v) is 6.63. The number of aryl methyl sites for hydroxylation is 1. The van der Waals surface area contributed by atoms with Crippen LogP contribution in [0.1, 0.15) is 5.56 Å². The molecule has 0 saturated heterocycles. The maximum Gasteiger partial charge on any atom is 0.342 e. The molecular formula is C7H8INO4S. The van der Waals surface area contributed by atoms with E-state index in [4.69, 9.17) is 5.14 Å². The Labute approximate surface area is 88.5 Å². The van der Waals surface area contributed by atoms with Gasteiger partial charge in [-0.2, -0.15) is 0 Å². The number of primary sulfonamides is 1. The van der Waals surface area contributed by atoms with E-state index in [1.807, 2.05) is 0 Å². The zero-order chi connectivity index (χ0) is 10.9. The van der Waals surface area contributed by atoms with E-state index >= 15 is 0 Å². The van der Waals surface area contributed by atoms with Crippen molar-refractivity contribution in [1.29, 1.82) is 0 Å². The Kier molecular flexibility index (Phi) is 3.22. The summed E-state index contributed by atoms with van der Waals surface area (Å²) in [4.78, 5) is -0.312. The van der Waals surface area contributed by atoms with Gasteiger partial charge < -0.3 is 0 Å². The molecule has 2 N–H and O–H groups in total. The van der Waals surface area contributed by atoms with Crippen LogP contribution >= 0.6 is 19.8 Å². The molecule has 0 amide bonds. The Bertz CT molecular complexity index is 525. The minimum Gasteiger partial charge on any atom is -0.230 e. The summed E-state index contributed by atoms with van der Waals surface area (Å²) in [5.74, 6) is 0. The molecule has 1 aromatic rings. The number of nitrogens with two attached hydrogens (primary N) is 1. The topological polar surface area (TPSA) is 94.3 Å². The fraction of sp³-hybridized carbons (Fsp3) is 0.143. The van der Waals surface area contributed by atoms with Crippen LogP contribution in [0.5, 0.6) is 0 Å². The van der Waals surface area contributed by atoms with Gasteiger partial charge in [0.2, 0.25) is 10.0 Å². The molecule has 0 aliphatic carbocycles. The molecule has 7 heteroatoms. The molecule has 0 saturated carbocycles. The van der Waals surface area contributed by atoms with E-state index in [0.717, 1.165) is 0 Å². The van der Waals surface area contributed by atoms with Crippen LogP contribution in [-0.4, -0.2) is 8.42 Å². The van der Waals surface area contributed by atoms with Crippen molar-refractivity contribution in [3.63, 3.8) is 0 Å². The Morgan fingerprint density at radius 2 is 1.86 bits per heavy atom. The standard InChI is InChI=1S/C7H8INO4S/c1-5-2-3-6(8(10)11)7(4-5)14(9,12)13/h2-4H,1H3,(H2,9,12,13). The predicted molar refractivity (Wildman–Crippen MR) is 56.6 cm³/mol. The largest absolute Gasteiger partial charge is 0.342 e. The fourth-order valence-corrected chi connectivity index (χ4v) is 4.05. The van der Waals surface area contributed by atoms with Crippen molar-refractivity contribution in [2.75, 3.05) is 0 Å². The highest BCUT2D eigenvalue weighted by Gasteiger charge is 2.17. The molecule has 1 aromatic carbocycles. The highest BCUT2D eigenvalue weighted by molar-refractivity contribution is 14.2. The minimum atomic E-state index is -3.96. The van der Waals surface area contributed by atoms with Gasteiger partial charge >= 0.3 is 19.8 Å². The van der Waals surface area contributed by atoms with E-state index in [-0.39, 0.29) is 8.47 Å². The normalized spacial score (nSPS) is 11.9. The number of benzene rings is 1. The Morgan fingerprint density at radius 1 is 1.29 bits per heavy atom. The van der Waals surface area contributed by atoms with Gasteiger partial charge in [0, 0.05) is 0 Å². The van der Waals surface area contributed by atoms with Crippen molar-refractivity contribution in [3.05, 3.63) is 27.3 Å². The van der Waals surface area contributed by atoms with E-state index in [2.05, 4.69) is 0 Å². The minimum absolute atomic E-state index is 0.178. The van der Waals surface area contributed by atoms with Gasteiger partial charge in [0.05, 0.1) is 3.57 Å². The Morgan fingerprint density at radius 3 is 2.29 bits per heavy atom. The summed E-state index contributed by atoms with van der Waals surface area (Å²) in [6, 6.07) is 4.05. The van der Waals surface area contributed by atoms with Gasteiger partial charge in [-0.05, 0) is 24.6 Å². The molecule has 0 aliphatic rings. The first-order valence-electron chi connectivity index (χ1n) is 3.51. The highest BCUT2D eigenvalue weighted by atomic mass is 127. The smallest absolute Gasteiger partial charge is 0.230 e. The Hall–Kier alpha value is -0.540. The van der Waals surface area contributed by atoms with E-state index in [1.54, 1.807) is 6.92 Å². The number of hydrogen-bond donors (Lipinski definition) is 1. The van der Waals surface area contributed by atoms with Gasteiger partial charge in [0.15, 0.2) is 0 Å². The maximum absolute atomic E-state index is 11.0. The van der Waals surface area contributed by atoms with Crippen molar-refractivity contribution in [2.45, 2.75) is 11.8 Å². The zero-order valence-electron chi connectivity index (χ0n) is 7.23. The monoisotopic (exact) mass is 329 g/mol. The SMILES string of the molecule is Cc1ccc(I(=O)=O)c(S(N)(=O)=O)c1. The van der Waals surface area contributed by atoms with Crippen LogP contribution in [0.2, 0.25) is 0 Å². The van der Waals surface area contributed by atoms with E-state index < -0.39 is 29.8 Å². The highest BCUT2D eigenvalue weighted by Crippen LogP contribution is 2.25. The maximum atomic E-state index is 11.0.